The molecule has 18 heavy (non-hydrogen) atoms. The van der Waals surface area contributed by atoms with Crippen LogP contribution in [-0.2, 0) is 0 Å². The van der Waals surface area contributed by atoms with E-state index in [4.69, 9.17) is 23.2 Å². The van der Waals surface area contributed by atoms with E-state index in [1.165, 1.54) is 19.0 Å². The van der Waals surface area contributed by atoms with Gasteiger partial charge < -0.3 is 10.2 Å². The summed E-state index contributed by atoms with van der Waals surface area (Å²) in [5.41, 5.74) is 0.285. The Labute approximate surface area is 118 Å². The minimum absolute atomic E-state index is 0.218. The molecule has 1 saturated heterocycles. The van der Waals surface area contributed by atoms with Gasteiger partial charge in [0.2, 0.25) is 5.28 Å². The summed E-state index contributed by atoms with van der Waals surface area (Å²) in [5, 5.41) is 4.02. The van der Waals surface area contributed by atoms with Crippen molar-refractivity contribution in [3.63, 3.8) is 0 Å². The standard InChI is InChI=1S/C12H18Cl2N4/c1-12(3-5-18(2)6-4-12)8-16-10-9(13)7-15-11(14)17-10/h7H,3-6,8H2,1-2H3,(H,15,16,17). The second-order valence-electron chi connectivity index (χ2n) is 5.30. The maximum atomic E-state index is 6.03. The van der Waals surface area contributed by atoms with Crippen LogP contribution < -0.4 is 5.32 Å². The van der Waals surface area contributed by atoms with Gasteiger partial charge >= 0.3 is 0 Å². The van der Waals surface area contributed by atoms with Gasteiger partial charge in [0.05, 0.1) is 6.20 Å². The number of nitrogens with one attached hydrogen (secondary N) is 1. The van der Waals surface area contributed by atoms with Crippen molar-refractivity contribution < 1.29 is 0 Å². The summed E-state index contributed by atoms with van der Waals surface area (Å²) in [5.74, 6) is 0.622. The van der Waals surface area contributed by atoms with Gasteiger partial charge in [0, 0.05) is 6.54 Å². The SMILES string of the molecule is CN1CCC(C)(CNc2nc(Cl)ncc2Cl)CC1. The van der Waals surface area contributed by atoms with Gasteiger partial charge in [-0.1, -0.05) is 18.5 Å². The van der Waals surface area contributed by atoms with Crippen LogP contribution >= 0.6 is 23.2 Å². The highest BCUT2D eigenvalue weighted by atomic mass is 35.5. The predicted octanol–water partition coefficient (Wildman–Crippen LogP) is 2.93. The number of rotatable bonds is 3. The number of hydrogen-bond donors (Lipinski definition) is 1. The lowest BCUT2D eigenvalue weighted by molar-refractivity contribution is 0.150. The van der Waals surface area contributed by atoms with Crippen molar-refractivity contribution in [1.29, 1.82) is 0 Å². The molecule has 4 nitrogen and oxygen atoms in total. The van der Waals surface area contributed by atoms with E-state index < -0.39 is 0 Å². The lowest BCUT2D eigenvalue weighted by atomic mass is 9.80. The van der Waals surface area contributed by atoms with Crippen LogP contribution in [-0.4, -0.2) is 41.5 Å². The zero-order valence-electron chi connectivity index (χ0n) is 10.7. The van der Waals surface area contributed by atoms with Crippen molar-refractivity contribution in [2.45, 2.75) is 19.8 Å². The van der Waals surface area contributed by atoms with Crippen LogP contribution in [0.3, 0.4) is 0 Å². The molecule has 6 heteroatoms. The molecule has 1 fully saturated rings. The number of hydrogen-bond acceptors (Lipinski definition) is 4. The molecule has 2 rings (SSSR count). The number of nitrogens with zero attached hydrogens (tertiary/aromatic N) is 3. The van der Waals surface area contributed by atoms with Gasteiger partial charge in [-0.2, -0.15) is 4.98 Å². The second-order valence-corrected chi connectivity index (χ2v) is 6.05. The Bertz CT molecular complexity index is 417. The Balaban J connectivity index is 1.96. The lowest BCUT2D eigenvalue weighted by Crippen LogP contribution is -2.40. The average Bonchev–Trinajstić information content (AvgIpc) is 2.35. The van der Waals surface area contributed by atoms with Crippen LogP contribution in [0, 0.1) is 5.41 Å². The van der Waals surface area contributed by atoms with E-state index in [1.54, 1.807) is 0 Å². The van der Waals surface area contributed by atoms with Gasteiger partial charge in [-0.3, -0.25) is 0 Å². The minimum atomic E-state index is 0.218. The molecule has 0 radical (unpaired) electrons. The third kappa shape index (κ3) is 3.46. The Kier molecular flexibility index (Phi) is 4.30. The summed E-state index contributed by atoms with van der Waals surface area (Å²) in [6.07, 6.45) is 3.87. The number of aromatic nitrogens is 2. The van der Waals surface area contributed by atoms with Crippen LogP contribution in [0.5, 0.6) is 0 Å². The zero-order chi connectivity index (χ0) is 13.2. The van der Waals surface area contributed by atoms with Gasteiger partial charge in [0.15, 0.2) is 0 Å². The van der Waals surface area contributed by atoms with Crippen molar-refractivity contribution in [3.8, 4) is 0 Å². The molecule has 0 bridgehead atoms. The first-order chi connectivity index (χ1) is 8.48. The molecule has 0 unspecified atom stereocenters. The second kappa shape index (κ2) is 5.59. The van der Waals surface area contributed by atoms with Crippen molar-refractivity contribution in [2.75, 3.05) is 32.0 Å². The summed E-state index contributed by atoms with van der Waals surface area (Å²) in [4.78, 5) is 10.3. The predicted molar refractivity (Wildman–Crippen MR) is 75.4 cm³/mol. The number of likely N-dealkylation sites (tertiary alicyclic amines) is 1. The first-order valence-corrected chi connectivity index (χ1v) is 6.85. The molecular weight excluding hydrogens is 271 g/mol. The highest BCUT2D eigenvalue weighted by molar-refractivity contribution is 6.33. The van der Waals surface area contributed by atoms with E-state index in [-0.39, 0.29) is 10.7 Å². The van der Waals surface area contributed by atoms with Crippen molar-refractivity contribution in [1.82, 2.24) is 14.9 Å². The normalized spacial score (nSPS) is 19.8. The van der Waals surface area contributed by atoms with Gasteiger partial charge in [-0.15, -0.1) is 0 Å². The first-order valence-electron chi connectivity index (χ1n) is 6.09. The molecular formula is C12H18Cl2N4. The lowest BCUT2D eigenvalue weighted by Gasteiger charge is -2.38. The van der Waals surface area contributed by atoms with Gasteiger partial charge in [-0.25, -0.2) is 4.98 Å². The number of piperidine rings is 1. The molecule has 1 aromatic rings. The maximum Gasteiger partial charge on any atom is 0.224 e. The van der Waals surface area contributed by atoms with Crippen LogP contribution in [0.1, 0.15) is 19.8 Å². The van der Waals surface area contributed by atoms with Crippen molar-refractivity contribution in [2.24, 2.45) is 5.41 Å². The fourth-order valence-electron chi connectivity index (χ4n) is 2.10. The molecule has 1 aromatic heterocycles. The molecule has 100 valence electrons. The topological polar surface area (TPSA) is 41.0 Å². The Morgan fingerprint density at radius 1 is 1.39 bits per heavy atom. The van der Waals surface area contributed by atoms with Crippen LogP contribution in [0.15, 0.2) is 6.20 Å². The van der Waals surface area contributed by atoms with E-state index in [2.05, 4.69) is 34.2 Å². The highest BCUT2D eigenvalue weighted by Gasteiger charge is 2.28. The van der Waals surface area contributed by atoms with E-state index in [1.807, 2.05) is 0 Å². The van der Waals surface area contributed by atoms with Gasteiger partial charge in [0.25, 0.3) is 0 Å². The smallest absolute Gasteiger partial charge is 0.224 e. The van der Waals surface area contributed by atoms with E-state index in [0.717, 1.165) is 19.6 Å². The summed E-state index contributed by atoms with van der Waals surface area (Å²) >= 11 is 11.8. The monoisotopic (exact) mass is 288 g/mol. The molecule has 1 aliphatic rings. The van der Waals surface area contributed by atoms with Crippen LogP contribution in [0.25, 0.3) is 0 Å². The Morgan fingerprint density at radius 2 is 2.06 bits per heavy atom. The van der Waals surface area contributed by atoms with Gasteiger partial charge in [-0.05, 0) is 50.0 Å². The summed E-state index contributed by atoms with van der Waals surface area (Å²) in [7, 11) is 2.16. The summed E-state index contributed by atoms with van der Waals surface area (Å²) in [6.45, 7) is 5.42. The largest absolute Gasteiger partial charge is 0.368 e. The molecule has 0 amide bonds. The first kappa shape index (κ1) is 13.8. The quantitative estimate of drug-likeness (QED) is 0.869. The maximum absolute atomic E-state index is 6.03. The highest BCUT2D eigenvalue weighted by Crippen LogP contribution is 2.31. The fraction of sp³-hybridized carbons (Fsp3) is 0.667. The van der Waals surface area contributed by atoms with Crippen molar-refractivity contribution in [3.05, 3.63) is 16.5 Å². The molecule has 0 atom stereocenters. The van der Waals surface area contributed by atoms with E-state index >= 15 is 0 Å². The molecule has 1 N–H and O–H groups in total. The molecule has 1 aliphatic heterocycles. The molecule has 0 saturated carbocycles. The molecule has 0 aliphatic carbocycles. The number of anilines is 1. The van der Waals surface area contributed by atoms with Crippen LogP contribution in [0.4, 0.5) is 5.82 Å². The summed E-state index contributed by atoms with van der Waals surface area (Å²) < 4.78 is 0. The molecule has 0 aromatic carbocycles. The molecule has 2 heterocycles. The molecule has 0 spiro atoms. The van der Waals surface area contributed by atoms with Gasteiger partial charge in [0.1, 0.15) is 10.8 Å². The Morgan fingerprint density at radius 3 is 2.72 bits per heavy atom. The minimum Gasteiger partial charge on any atom is -0.368 e. The van der Waals surface area contributed by atoms with E-state index in [9.17, 15) is 0 Å². The Hall–Kier alpha value is -0.580. The third-order valence-electron chi connectivity index (χ3n) is 3.59. The van der Waals surface area contributed by atoms with Crippen LogP contribution in [0.2, 0.25) is 10.3 Å². The fourth-order valence-corrected chi connectivity index (χ4v) is 2.39. The number of halogens is 2. The average molecular weight is 289 g/mol. The zero-order valence-corrected chi connectivity index (χ0v) is 12.2. The van der Waals surface area contributed by atoms with Crippen molar-refractivity contribution >= 4 is 29.0 Å². The summed E-state index contributed by atoms with van der Waals surface area (Å²) in [6, 6.07) is 0. The third-order valence-corrected chi connectivity index (χ3v) is 4.05. The van der Waals surface area contributed by atoms with E-state index in [0.29, 0.717) is 10.8 Å².